The molecule has 0 aliphatic heterocycles. The maximum absolute atomic E-state index is 11.7. The number of carbonyl (C=O) groups is 1. The summed E-state index contributed by atoms with van der Waals surface area (Å²) < 4.78 is 5.77. The summed E-state index contributed by atoms with van der Waals surface area (Å²) in [6.45, 7) is 2.65. The van der Waals surface area contributed by atoms with Gasteiger partial charge in [0.2, 0.25) is 0 Å². The summed E-state index contributed by atoms with van der Waals surface area (Å²) in [5, 5.41) is 5.56. The standard InChI is InChI=1S/C16H18N2O2/c1-2-12-17-16(19)18-14-10-6-7-11-15(14)20-13-8-4-3-5-9-13/h3-11H,2,12H2,1H3,(H2,17,18,19). The Labute approximate surface area is 118 Å². The van der Waals surface area contributed by atoms with E-state index in [1.165, 1.54) is 0 Å². The molecule has 0 aromatic heterocycles. The lowest BCUT2D eigenvalue weighted by atomic mass is 10.3. The maximum atomic E-state index is 11.7. The van der Waals surface area contributed by atoms with Crippen LogP contribution in [0.4, 0.5) is 10.5 Å². The highest BCUT2D eigenvalue weighted by Crippen LogP contribution is 2.28. The molecule has 0 saturated heterocycles. The summed E-state index contributed by atoms with van der Waals surface area (Å²) in [6.07, 6.45) is 0.898. The molecule has 4 heteroatoms. The van der Waals surface area contributed by atoms with Gasteiger partial charge in [0, 0.05) is 6.54 Å². The Balaban J connectivity index is 2.08. The first-order valence-corrected chi connectivity index (χ1v) is 6.66. The van der Waals surface area contributed by atoms with Crippen molar-refractivity contribution >= 4 is 11.7 Å². The molecular formula is C16H18N2O2. The topological polar surface area (TPSA) is 50.4 Å². The van der Waals surface area contributed by atoms with Crippen molar-refractivity contribution in [2.24, 2.45) is 0 Å². The number of benzene rings is 2. The lowest BCUT2D eigenvalue weighted by Crippen LogP contribution is -2.29. The SMILES string of the molecule is CCCNC(=O)Nc1ccccc1Oc1ccccc1. The molecular weight excluding hydrogens is 252 g/mol. The molecule has 0 radical (unpaired) electrons. The van der Waals surface area contributed by atoms with Gasteiger partial charge in [0.05, 0.1) is 5.69 Å². The number of ether oxygens (including phenoxy) is 1. The van der Waals surface area contributed by atoms with Crippen molar-refractivity contribution in [2.75, 3.05) is 11.9 Å². The Hall–Kier alpha value is -2.49. The van der Waals surface area contributed by atoms with Gasteiger partial charge < -0.3 is 15.4 Å². The fourth-order valence-corrected chi connectivity index (χ4v) is 1.68. The van der Waals surface area contributed by atoms with E-state index in [0.717, 1.165) is 12.2 Å². The minimum absolute atomic E-state index is 0.226. The highest BCUT2D eigenvalue weighted by Gasteiger charge is 2.07. The van der Waals surface area contributed by atoms with Crippen LogP contribution >= 0.6 is 0 Å². The number of anilines is 1. The molecule has 0 aliphatic rings. The third-order valence-electron chi connectivity index (χ3n) is 2.64. The maximum Gasteiger partial charge on any atom is 0.319 e. The molecule has 0 aliphatic carbocycles. The van der Waals surface area contributed by atoms with Crippen molar-refractivity contribution in [3.8, 4) is 11.5 Å². The molecule has 104 valence electrons. The number of para-hydroxylation sites is 3. The molecule has 2 aromatic rings. The molecule has 0 spiro atoms. The quantitative estimate of drug-likeness (QED) is 0.862. The summed E-state index contributed by atoms with van der Waals surface area (Å²) >= 11 is 0. The molecule has 0 atom stereocenters. The van der Waals surface area contributed by atoms with E-state index in [2.05, 4.69) is 10.6 Å². The van der Waals surface area contributed by atoms with Crippen molar-refractivity contribution in [1.82, 2.24) is 5.32 Å². The van der Waals surface area contributed by atoms with E-state index < -0.39 is 0 Å². The average molecular weight is 270 g/mol. The van der Waals surface area contributed by atoms with Gasteiger partial charge in [-0.15, -0.1) is 0 Å². The number of hydrogen-bond acceptors (Lipinski definition) is 2. The minimum Gasteiger partial charge on any atom is -0.455 e. The van der Waals surface area contributed by atoms with Crippen molar-refractivity contribution in [2.45, 2.75) is 13.3 Å². The zero-order chi connectivity index (χ0) is 14.2. The van der Waals surface area contributed by atoms with E-state index in [0.29, 0.717) is 18.0 Å². The van der Waals surface area contributed by atoms with E-state index >= 15 is 0 Å². The van der Waals surface area contributed by atoms with Gasteiger partial charge in [0.15, 0.2) is 5.75 Å². The van der Waals surface area contributed by atoms with Crippen LogP contribution in [-0.2, 0) is 0 Å². The van der Waals surface area contributed by atoms with Crippen molar-refractivity contribution in [3.63, 3.8) is 0 Å². The van der Waals surface area contributed by atoms with Crippen LogP contribution in [0.1, 0.15) is 13.3 Å². The molecule has 2 rings (SSSR count). The van der Waals surface area contributed by atoms with Crippen molar-refractivity contribution < 1.29 is 9.53 Å². The zero-order valence-electron chi connectivity index (χ0n) is 11.4. The third-order valence-corrected chi connectivity index (χ3v) is 2.64. The number of carbonyl (C=O) groups excluding carboxylic acids is 1. The van der Waals surface area contributed by atoms with E-state index in [1.807, 2.05) is 61.5 Å². The summed E-state index contributed by atoms with van der Waals surface area (Å²) in [5.74, 6) is 1.35. The molecule has 0 bridgehead atoms. The second-order valence-electron chi connectivity index (χ2n) is 4.29. The fraction of sp³-hybridized carbons (Fsp3) is 0.188. The van der Waals surface area contributed by atoms with Crippen LogP contribution in [0.5, 0.6) is 11.5 Å². The highest BCUT2D eigenvalue weighted by molar-refractivity contribution is 5.90. The van der Waals surface area contributed by atoms with Crippen LogP contribution < -0.4 is 15.4 Å². The van der Waals surface area contributed by atoms with Crippen molar-refractivity contribution in [1.29, 1.82) is 0 Å². The number of urea groups is 1. The first-order chi connectivity index (χ1) is 9.79. The Morgan fingerprint density at radius 1 is 1.05 bits per heavy atom. The molecule has 0 heterocycles. The second-order valence-corrected chi connectivity index (χ2v) is 4.29. The Bertz CT molecular complexity index is 555. The average Bonchev–Trinajstić information content (AvgIpc) is 2.48. The smallest absolute Gasteiger partial charge is 0.319 e. The van der Waals surface area contributed by atoms with E-state index in [9.17, 15) is 4.79 Å². The molecule has 4 nitrogen and oxygen atoms in total. The number of amides is 2. The van der Waals surface area contributed by atoms with E-state index in [1.54, 1.807) is 0 Å². The molecule has 0 fully saturated rings. The molecule has 20 heavy (non-hydrogen) atoms. The largest absolute Gasteiger partial charge is 0.455 e. The van der Waals surface area contributed by atoms with E-state index in [4.69, 9.17) is 4.74 Å². The van der Waals surface area contributed by atoms with Gasteiger partial charge in [-0.05, 0) is 30.7 Å². The molecule has 2 aromatic carbocycles. The predicted molar refractivity (Wildman–Crippen MR) is 80.3 cm³/mol. The molecule has 2 amide bonds. The highest BCUT2D eigenvalue weighted by atomic mass is 16.5. The van der Waals surface area contributed by atoms with Crippen LogP contribution in [0, 0.1) is 0 Å². The van der Waals surface area contributed by atoms with Crippen LogP contribution in [0.3, 0.4) is 0 Å². The third kappa shape index (κ3) is 4.02. The van der Waals surface area contributed by atoms with Crippen LogP contribution in [0.2, 0.25) is 0 Å². The first-order valence-electron chi connectivity index (χ1n) is 6.66. The van der Waals surface area contributed by atoms with Gasteiger partial charge in [-0.3, -0.25) is 0 Å². The molecule has 2 N–H and O–H groups in total. The number of hydrogen-bond donors (Lipinski definition) is 2. The zero-order valence-corrected chi connectivity index (χ0v) is 11.4. The fourth-order valence-electron chi connectivity index (χ4n) is 1.68. The second kappa shape index (κ2) is 7.19. The van der Waals surface area contributed by atoms with Crippen LogP contribution in [0.15, 0.2) is 54.6 Å². The first kappa shape index (κ1) is 13.9. The lowest BCUT2D eigenvalue weighted by Gasteiger charge is -2.12. The minimum atomic E-state index is -0.226. The Kier molecular flexibility index (Phi) is 5.00. The lowest BCUT2D eigenvalue weighted by molar-refractivity contribution is 0.252. The monoisotopic (exact) mass is 270 g/mol. The Morgan fingerprint density at radius 2 is 1.75 bits per heavy atom. The summed E-state index contributed by atoms with van der Waals surface area (Å²) in [4.78, 5) is 11.7. The van der Waals surface area contributed by atoms with Gasteiger partial charge in [0.1, 0.15) is 5.75 Å². The van der Waals surface area contributed by atoms with Crippen molar-refractivity contribution in [3.05, 3.63) is 54.6 Å². The van der Waals surface area contributed by atoms with Gasteiger partial charge in [-0.1, -0.05) is 37.3 Å². The number of rotatable bonds is 5. The summed E-state index contributed by atoms with van der Waals surface area (Å²) in [7, 11) is 0. The van der Waals surface area contributed by atoms with Gasteiger partial charge >= 0.3 is 6.03 Å². The van der Waals surface area contributed by atoms with Gasteiger partial charge in [-0.2, -0.15) is 0 Å². The van der Waals surface area contributed by atoms with Crippen LogP contribution in [0.25, 0.3) is 0 Å². The predicted octanol–water partition coefficient (Wildman–Crippen LogP) is 4.01. The van der Waals surface area contributed by atoms with Gasteiger partial charge in [-0.25, -0.2) is 4.79 Å². The van der Waals surface area contributed by atoms with Crippen LogP contribution in [-0.4, -0.2) is 12.6 Å². The normalized spacial score (nSPS) is 9.85. The summed E-state index contributed by atoms with van der Waals surface area (Å²) in [5.41, 5.74) is 0.643. The number of nitrogens with one attached hydrogen (secondary N) is 2. The van der Waals surface area contributed by atoms with Gasteiger partial charge in [0.25, 0.3) is 0 Å². The summed E-state index contributed by atoms with van der Waals surface area (Å²) in [6, 6.07) is 16.6. The van der Waals surface area contributed by atoms with E-state index in [-0.39, 0.29) is 6.03 Å². The molecule has 0 saturated carbocycles. The molecule has 0 unspecified atom stereocenters. The Morgan fingerprint density at radius 3 is 2.50 bits per heavy atom.